The van der Waals surface area contributed by atoms with Gasteiger partial charge in [0.1, 0.15) is 5.75 Å². The van der Waals surface area contributed by atoms with Crippen molar-refractivity contribution in [2.24, 2.45) is 11.5 Å². The standard InChI is InChI=1S/C12H21N3O/c1-9(2)16-12-5-3-11(4-6-12)15-8-10(14)7-13/h3-6,9-10,15H,7-8,13-14H2,1-2H3. The van der Waals surface area contributed by atoms with Crippen molar-refractivity contribution in [3.63, 3.8) is 0 Å². The molecular weight excluding hydrogens is 202 g/mol. The molecule has 0 amide bonds. The third-order valence-corrected chi connectivity index (χ3v) is 2.10. The molecule has 1 unspecified atom stereocenters. The average Bonchev–Trinajstić information content (AvgIpc) is 2.27. The lowest BCUT2D eigenvalue weighted by atomic mass is 10.2. The van der Waals surface area contributed by atoms with Crippen LogP contribution < -0.4 is 21.5 Å². The fraction of sp³-hybridized carbons (Fsp3) is 0.500. The molecule has 0 aromatic heterocycles. The Morgan fingerprint density at radius 1 is 1.25 bits per heavy atom. The molecule has 0 aliphatic heterocycles. The van der Waals surface area contributed by atoms with Gasteiger partial charge < -0.3 is 21.5 Å². The van der Waals surface area contributed by atoms with Crippen LogP contribution in [0.2, 0.25) is 0 Å². The lowest BCUT2D eigenvalue weighted by Gasteiger charge is -2.13. The molecule has 4 heteroatoms. The van der Waals surface area contributed by atoms with E-state index >= 15 is 0 Å². The Balaban J connectivity index is 2.45. The van der Waals surface area contributed by atoms with Crippen molar-refractivity contribution in [3.8, 4) is 5.75 Å². The first-order valence-electron chi connectivity index (χ1n) is 5.58. The van der Waals surface area contributed by atoms with Crippen molar-refractivity contribution in [1.82, 2.24) is 0 Å². The number of ether oxygens (including phenoxy) is 1. The molecule has 0 saturated heterocycles. The minimum Gasteiger partial charge on any atom is -0.491 e. The SMILES string of the molecule is CC(C)Oc1ccc(NCC(N)CN)cc1. The van der Waals surface area contributed by atoms with E-state index in [4.69, 9.17) is 16.2 Å². The molecular formula is C12H21N3O. The summed E-state index contributed by atoms with van der Waals surface area (Å²) in [5.41, 5.74) is 12.2. The van der Waals surface area contributed by atoms with Crippen LogP contribution >= 0.6 is 0 Å². The summed E-state index contributed by atoms with van der Waals surface area (Å²) in [5, 5.41) is 3.22. The smallest absolute Gasteiger partial charge is 0.119 e. The zero-order valence-corrected chi connectivity index (χ0v) is 9.94. The van der Waals surface area contributed by atoms with Gasteiger partial charge in [-0.2, -0.15) is 0 Å². The molecule has 1 atom stereocenters. The second-order valence-electron chi connectivity index (χ2n) is 4.07. The van der Waals surface area contributed by atoms with Crippen molar-refractivity contribution in [1.29, 1.82) is 0 Å². The average molecular weight is 223 g/mol. The van der Waals surface area contributed by atoms with Gasteiger partial charge in [-0.15, -0.1) is 0 Å². The Kier molecular flexibility index (Phi) is 5.08. The molecule has 0 radical (unpaired) electrons. The lowest BCUT2D eigenvalue weighted by Crippen LogP contribution is -2.36. The lowest BCUT2D eigenvalue weighted by molar-refractivity contribution is 0.242. The van der Waals surface area contributed by atoms with Crippen LogP contribution in [0.4, 0.5) is 5.69 Å². The first kappa shape index (κ1) is 12.8. The molecule has 0 saturated carbocycles. The van der Waals surface area contributed by atoms with E-state index in [0.717, 1.165) is 11.4 Å². The quantitative estimate of drug-likeness (QED) is 0.677. The monoisotopic (exact) mass is 223 g/mol. The van der Waals surface area contributed by atoms with E-state index in [2.05, 4.69) is 5.32 Å². The molecule has 0 bridgehead atoms. The van der Waals surface area contributed by atoms with E-state index < -0.39 is 0 Å². The molecule has 4 nitrogen and oxygen atoms in total. The third-order valence-electron chi connectivity index (χ3n) is 2.10. The van der Waals surface area contributed by atoms with Gasteiger partial charge in [0.15, 0.2) is 0 Å². The maximum Gasteiger partial charge on any atom is 0.119 e. The summed E-state index contributed by atoms with van der Waals surface area (Å²) in [6.07, 6.45) is 0.199. The maximum atomic E-state index is 5.70. The van der Waals surface area contributed by atoms with Gasteiger partial charge in [0.2, 0.25) is 0 Å². The summed E-state index contributed by atoms with van der Waals surface area (Å²) in [6, 6.07) is 7.82. The van der Waals surface area contributed by atoms with Gasteiger partial charge >= 0.3 is 0 Å². The van der Waals surface area contributed by atoms with E-state index in [1.165, 1.54) is 0 Å². The van der Waals surface area contributed by atoms with Crippen LogP contribution in [0, 0.1) is 0 Å². The van der Waals surface area contributed by atoms with Crippen molar-refractivity contribution in [3.05, 3.63) is 24.3 Å². The van der Waals surface area contributed by atoms with Crippen LogP contribution in [0.25, 0.3) is 0 Å². The van der Waals surface area contributed by atoms with Crippen LogP contribution in [0.15, 0.2) is 24.3 Å². The Labute approximate surface area is 97.0 Å². The number of nitrogens with two attached hydrogens (primary N) is 2. The van der Waals surface area contributed by atoms with Gasteiger partial charge in [-0.3, -0.25) is 0 Å². The molecule has 90 valence electrons. The van der Waals surface area contributed by atoms with Gasteiger partial charge in [0.25, 0.3) is 0 Å². The predicted octanol–water partition coefficient (Wildman–Crippen LogP) is 1.17. The fourth-order valence-electron chi connectivity index (χ4n) is 1.26. The van der Waals surface area contributed by atoms with E-state index in [-0.39, 0.29) is 12.1 Å². The Morgan fingerprint density at radius 3 is 2.38 bits per heavy atom. The molecule has 0 spiro atoms. The van der Waals surface area contributed by atoms with E-state index in [0.29, 0.717) is 13.1 Å². The number of rotatable bonds is 6. The normalized spacial score (nSPS) is 12.6. The fourth-order valence-corrected chi connectivity index (χ4v) is 1.26. The molecule has 1 aromatic rings. The predicted molar refractivity (Wildman–Crippen MR) is 67.7 cm³/mol. The minimum atomic E-state index is -0.00779. The summed E-state index contributed by atoms with van der Waals surface area (Å²) in [5.74, 6) is 0.878. The summed E-state index contributed by atoms with van der Waals surface area (Å²) < 4.78 is 5.54. The van der Waals surface area contributed by atoms with Crippen LogP contribution in [-0.4, -0.2) is 25.2 Å². The highest BCUT2D eigenvalue weighted by molar-refractivity contribution is 5.46. The number of nitrogens with one attached hydrogen (secondary N) is 1. The summed E-state index contributed by atoms with van der Waals surface area (Å²) in [7, 11) is 0. The van der Waals surface area contributed by atoms with Crippen molar-refractivity contribution < 1.29 is 4.74 Å². The molecule has 0 heterocycles. The largest absolute Gasteiger partial charge is 0.491 e. The third kappa shape index (κ3) is 4.51. The van der Waals surface area contributed by atoms with Gasteiger partial charge in [0, 0.05) is 24.8 Å². The van der Waals surface area contributed by atoms with Gasteiger partial charge in [-0.25, -0.2) is 0 Å². The van der Waals surface area contributed by atoms with E-state index in [1.807, 2.05) is 38.1 Å². The molecule has 1 rings (SSSR count). The summed E-state index contributed by atoms with van der Waals surface area (Å²) in [6.45, 7) is 5.18. The van der Waals surface area contributed by atoms with Crippen LogP contribution in [0.5, 0.6) is 5.75 Å². The molecule has 1 aromatic carbocycles. The first-order chi connectivity index (χ1) is 7.61. The van der Waals surface area contributed by atoms with Crippen LogP contribution in [0.1, 0.15) is 13.8 Å². The Hall–Kier alpha value is -1.26. The maximum absolute atomic E-state index is 5.70. The molecule has 0 aliphatic carbocycles. The zero-order chi connectivity index (χ0) is 12.0. The molecule has 5 N–H and O–H groups in total. The molecule has 16 heavy (non-hydrogen) atoms. The van der Waals surface area contributed by atoms with Gasteiger partial charge in [-0.05, 0) is 38.1 Å². The van der Waals surface area contributed by atoms with Crippen molar-refractivity contribution >= 4 is 5.69 Å². The molecule has 0 fully saturated rings. The van der Waals surface area contributed by atoms with Crippen LogP contribution in [0.3, 0.4) is 0 Å². The van der Waals surface area contributed by atoms with Crippen LogP contribution in [-0.2, 0) is 0 Å². The second-order valence-corrected chi connectivity index (χ2v) is 4.07. The number of hydrogen-bond acceptors (Lipinski definition) is 4. The van der Waals surface area contributed by atoms with E-state index in [9.17, 15) is 0 Å². The zero-order valence-electron chi connectivity index (χ0n) is 9.94. The minimum absolute atomic E-state index is 0.00779. The van der Waals surface area contributed by atoms with Gasteiger partial charge in [0.05, 0.1) is 6.10 Å². The topological polar surface area (TPSA) is 73.3 Å². The first-order valence-corrected chi connectivity index (χ1v) is 5.58. The highest BCUT2D eigenvalue weighted by Gasteiger charge is 2.00. The van der Waals surface area contributed by atoms with E-state index in [1.54, 1.807) is 0 Å². The van der Waals surface area contributed by atoms with Crippen molar-refractivity contribution in [2.45, 2.75) is 26.0 Å². The highest BCUT2D eigenvalue weighted by atomic mass is 16.5. The van der Waals surface area contributed by atoms with Gasteiger partial charge in [-0.1, -0.05) is 0 Å². The second kappa shape index (κ2) is 6.35. The number of anilines is 1. The molecule has 0 aliphatic rings. The Morgan fingerprint density at radius 2 is 1.88 bits per heavy atom. The summed E-state index contributed by atoms with van der Waals surface area (Å²) in [4.78, 5) is 0. The Bertz CT molecular complexity index is 298. The number of hydrogen-bond donors (Lipinski definition) is 3. The summed E-state index contributed by atoms with van der Waals surface area (Å²) >= 11 is 0. The number of benzene rings is 1. The highest BCUT2D eigenvalue weighted by Crippen LogP contribution is 2.16. The van der Waals surface area contributed by atoms with Crippen molar-refractivity contribution in [2.75, 3.05) is 18.4 Å².